The van der Waals surface area contributed by atoms with Crippen molar-refractivity contribution in [3.8, 4) is 0 Å². The molecule has 0 unspecified atom stereocenters. The third-order valence-corrected chi connectivity index (χ3v) is 4.30. The number of carbonyl (C=O) groups excluding carboxylic acids is 1. The lowest BCUT2D eigenvalue weighted by molar-refractivity contribution is 0.0958. The number of nitrogens with one attached hydrogen (secondary N) is 1. The van der Waals surface area contributed by atoms with Gasteiger partial charge in [-0.15, -0.1) is 0 Å². The van der Waals surface area contributed by atoms with E-state index in [1.807, 2.05) is 42.1 Å². The van der Waals surface area contributed by atoms with Crippen molar-refractivity contribution in [3.05, 3.63) is 46.6 Å². The van der Waals surface area contributed by atoms with Crippen molar-refractivity contribution in [1.29, 1.82) is 0 Å². The van der Waals surface area contributed by atoms with Gasteiger partial charge < -0.3 is 10.3 Å². The Bertz CT molecular complexity index is 877. The predicted octanol–water partition coefficient (Wildman–Crippen LogP) is 2.29. The van der Waals surface area contributed by atoms with Crippen LogP contribution in [0.1, 0.15) is 20.9 Å². The first kappa shape index (κ1) is 14.3. The number of hydrogen-bond donors (Lipinski definition) is 2. The van der Waals surface area contributed by atoms with Crippen molar-refractivity contribution in [3.63, 3.8) is 0 Å². The highest BCUT2D eigenvalue weighted by Gasteiger charge is 2.13. The number of hydrogen-bond acceptors (Lipinski definition) is 5. The molecule has 0 saturated heterocycles. The number of aryl methyl sites for hydroxylation is 2. The van der Waals surface area contributed by atoms with Crippen molar-refractivity contribution >= 4 is 39.5 Å². The molecule has 1 amide bonds. The maximum atomic E-state index is 12.0. The van der Waals surface area contributed by atoms with Gasteiger partial charge in [0, 0.05) is 29.7 Å². The van der Waals surface area contributed by atoms with Crippen molar-refractivity contribution in [1.82, 2.24) is 15.0 Å². The second-order valence-electron chi connectivity index (χ2n) is 4.88. The zero-order chi connectivity index (χ0) is 15.7. The van der Waals surface area contributed by atoms with Crippen LogP contribution in [0.3, 0.4) is 0 Å². The van der Waals surface area contributed by atoms with Crippen LogP contribution in [0.4, 0.5) is 5.13 Å². The second-order valence-corrected chi connectivity index (χ2v) is 5.91. The largest absolute Gasteiger partial charge is 0.375 e. The summed E-state index contributed by atoms with van der Waals surface area (Å²) in [4.78, 5) is 16.5. The summed E-state index contributed by atoms with van der Waals surface area (Å²) in [6.07, 6.45) is 3.61. The summed E-state index contributed by atoms with van der Waals surface area (Å²) < 4.78 is 2.02. The summed E-state index contributed by atoms with van der Waals surface area (Å²) in [5.74, 6) is -0.303. The van der Waals surface area contributed by atoms with Crippen LogP contribution in [0.2, 0.25) is 0 Å². The number of hydrazone groups is 1. The lowest BCUT2D eigenvalue weighted by Gasteiger charge is -1.96. The van der Waals surface area contributed by atoms with E-state index in [9.17, 15) is 4.79 Å². The first-order chi connectivity index (χ1) is 10.6. The molecule has 2 aromatic heterocycles. The number of amides is 1. The van der Waals surface area contributed by atoms with Crippen LogP contribution in [-0.4, -0.2) is 21.7 Å². The molecule has 0 spiro atoms. The van der Waals surface area contributed by atoms with Crippen LogP contribution in [-0.2, 0) is 7.05 Å². The topological polar surface area (TPSA) is 85.3 Å². The van der Waals surface area contributed by atoms with E-state index in [4.69, 9.17) is 5.73 Å². The molecule has 0 aliphatic heterocycles. The molecule has 0 aliphatic rings. The van der Waals surface area contributed by atoms with Gasteiger partial charge in [-0.1, -0.05) is 29.5 Å². The van der Waals surface area contributed by atoms with Crippen molar-refractivity contribution in [2.75, 3.05) is 5.73 Å². The van der Waals surface area contributed by atoms with E-state index in [2.05, 4.69) is 15.5 Å². The van der Waals surface area contributed by atoms with Gasteiger partial charge in [0.25, 0.3) is 5.91 Å². The Morgan fingerprint density at radius 2 is 2.23 bits per heavy atom. The molecule has 0 fully saturated rings. The fourth-order valence-electron chi connectivity index (χ4n) is 2.32. The fraction of sp³-hybridized carbons (Fsp3) is 0.133. The van der Waals surface area contributed by atoms with Crippen LogP contribution in [0, 0.1) is 6.92 Å². The molecule has 3 N–H and O–H groups in total. The standard InChI is InChI=1S/C15H15N5OS/c1-9-13(22-15(16)18-9)14(21)19-17-7-10-8-20(2)12-6-4-3-5-11(10)12/h3-8H,1-2H3,(H2,16,18)(H,19,21)/b17-7-. The Labute approximate surface area is 131 Å². The van der Waals surface area contributed by atoms with Gasteiger partial charge in [-0.2, -0.15) is 5.10 Å². The average molecular weight is 313 g/mol. The molecule has 1 aromatic carbocycles. The minimum Gasteiger partial charge on any atom is -0.375 e. The van der Waals surface area contributed by atoms with E-state index in [0.29, 0.717) is 15.7 Å². The van der Waals surface area contributed by atoms with Gasteiger partial charge >= 0.3 is 0 Å². The molecule has 112 valence electrons. The number of fused-ring (bicyclic) bond motifs is 1. The summed E-state index contributed by atoms with van der Waals surface area (Å²) in [7, 11) is 1.97. The van der Waals surface area contributed by atoms with E-state index in [1.165, 1.54) is 0 Å². The first-order valence-corrected chi connectivity index (χ1v) is 7.48. The quantitative estimate of drug-likeness (QED) is 0.574. The van der Waals surface area contributed by atoms with Crippen LogP contribution in [0.25, 0.3) is 10.9 Å². The van der Waals surface area contributed by atoms with Gasteiger partial charge in [-0.05, 0) is 13.0 Å². The molecular weight excluding hydrogens is 298 g/mol. The average Bonchev–Trinajstić information content (AvgIpc) is 3.00. The summed E-state index contributed by atoms with van der Waals surface area (Å²) in [5.41, 5.74) is 10.8. The van der Waals surface area contributed by atoms with Crippen LogP contribution in [0.15, 0.2) is 35.6 Å². The predicted molar refractivity (Wildman–Crippen MR) is 89.2 cm³/mol. The monoisotopic (exact) mass is 313 g/mol. The maximum absolute atomic E-state index is 12.0. The minimum absolute atomic E-state index is 0.303. The summed E-state index contributed by atoms with van der Waals surface area (Å²) in [5, 5.41) is 5.49. The molecule has 3 rings (SSSR count). The van der Waals surface area contributed by atoms with E-state index in [1.54, 1.807) is 13.1 Å². The maximum Gasteiger partial charge on any atom is 0.283 e. The Hall–Kier alpha value is -2.67. The molecular formula is C15H15N5OS. The third-order valence-electron chi connectivity index (χ3n) is 3.32. The van der Waals surface area contributed by atoms with Crippen molar-refractivity contribution < 1.29 is 4.79 Å². The highest BCUT2D eigenvalue weighted by molar-refractivity contribution is 7.17. The molecule has 0 bridgehead atoms. The molecule has 3 aromatic rings. The number of nitrogens with zero attached hydrogens (tertiary/aromatic N) is 3. The van der Waals surface area contributed by atoms with Crippen LogP contribution < -0.4 is 11.2 Å². The molecule has 2 heterocycles. The molecule has 22 heavy (non-hydrogen) atoms. The first-order valence-electron chi connectivity index (χ1n) is 6.66. The number of nitrogens with two attached hydrogens (primary N) is 1. The Morgan fingerprint density at radius 1 is 1.45 bits per heavy atom. The molecule has 0 saturated carbocycles. The zero-order valence-corrected chi connectivity index (χ0v) is 13.0. The number of anilines is 1. The molecule has 7 heteroatoms. The van der Waals surface area contributed by atoms with E-state index in [0.717, 1.165) is 27.8 Å². The number of nitrogen functional groups attached to an aromatic ring is 1. The van der Waals surface area contributed by atoms with Gasteiger partial charge in [-0.25, -0.2) is 10.4 Å². The Morgan fingerprint density at radius 3 is 2.95 bits per heavy atom. The van der Waals surface area contributed by atoms with E-state index >= 15 is 0 Å². The van der Waals surface area contributed by atoms with Crippen molar-refractivity contribution in [2.24, 2.45) is 12.1 Å². The molecule has 0 atom stereocenters. The fourth-order valence-corrected chi connectivity index (χ4v) is 3.04. The summed E-state index contributed by atoms with van der Waals surface area (Å²) >= 11 is 1.15. The Kier molecular flexibility index (Phi) is 3.64. The number of benzene rings is 1. The molecule has 0 radical (unpaired) electrons. The summed E-state index contributed by atoms with van der Waals surface area (Å²) in [6, 6.07) is 8.02. The van der Waals surface area contributed by atoms with Crippen LogP contribution in [0.5, 0.6) is 0 Å². The number of rotatable bonds is 3. The SMILES string of the molecule is Cc1nc(N)sc1C(=O)N/N=C\c1cn(C)c2ccccc12. The highest BCUT2D eigenvalue weighted by atomic mass is 32.1. The second kappa shape index (κ2) is 5.61. The smallest absolute Gasteiger partial charge is 0.283 e. The van der Waals surface area contributed by atoms with Gasteiger partial charge in [0.1, 0.15) is 4.88 Å². The van der Waals surface area contributed by atoms with E-state index in [-0.39, 0.29) is 5.91 Å². The minimum atomic E-state index is -0.303. The van der Waals surface area contributed by atoms with Gasteiger partial charge in [0.2, 0.25) is 0 Å². The van der Waals surface area contributed by atoms with Gasteiger partial charge in [0.05, 0.1) is 11.9 Å². The highest BCUT2D eigenvalue weighted by Crippen LogP contribution is 2.20. The van der Waals surface area contributed by atoms with Crippen molar-refractivity contribution in [2.45, 2.75) is 6.92 Å². The van der Waals surface area contributed by atoms with E-state index < -0.39 is 0 Å². The number of thiazole rings is 1. The molecule has 6 nitrogen and oxygen atoms in total. The van der Waals surface area contributed by atoms with Crippen LogP contribution >= 0.6 is 11.3 Å². The summed E-state index contributed by atoms with van der Waals surface area (Å²) in [6.45, 7) is 1.75. The lowest BCUT2D eigenvalue weighted by Crippen LogP contribution is -2.17. The lowest BCUT2D eigenvalue weighted by atomic mass is 10.2. The van der Waals surface area contributed by atoms with Gasteiger partial charge in [-0.3, -0.25) is 4.79 Å². The number of para-hydroxylation sites is 1. The molecule has 0 aliphatic carbocycles. The Balaban J connectivity index is 1.79. The zero-order valence-electron chi connectivity index (χ0n) is 12.2. The normalized spacial score (nSPS) is 11.4. The number of aromatic nitrogens is 2. The van der Waals surface area contributed by atoms with Gasteiger partial charge in [0.15, 0.2) is 5.13 Å². The third kappa shape index (κ3) is 2.58. The number of carbonyl (C=O) groups is 1.